The first-order valence-electron chi connectivity index (χ1n) is 7.92. The first kappa shape index (κ1) is 13.8. The van der Waals surface area contributed by atoms with Crippen molar-refractivity contribution in [2.24, 2.45) is 0 Å². The van der Waals surface area contributed by atoms with Gasteiger partial charge in [0.05, 0.1) is 12.7 Å². The van der Waals surface area contributed by atoms with E-state index in [9.17, 15) is 0 Å². The molecule has 2 saturated heterocycles. The van der Waals surface area contributed by atoms with Gasteiger partial charge >= 0.3 is 0 Å². The van der Waals surface area contributed by atoms with Crippen LogP contribution in [0.5, 0.6) is 0 Å². The number of aromatic nitrogens is 1. The Balaban J connectivity index is 1.37. The number of pyridine rings is 1. The summed E-state index contributed by atoms with van der Waals surface area (Å²) in [4.78, 5) is 9.27. The Labute approximate surface area is 121 Å². The molecule has 110 valence electrons. The first-order valence-corrected chi connectivity index (χ1v) is 7.92. The van der Waals surface area contributed by atoms with Crippen molar-refractivity contribution in [2.75, 3.05) is 44.2 Å². The van der Waals surface area contributed by atoms with Crippen molar-refractivity contribution >= 4 is 5.82 Å². The Kier molecular flexibility index (Phi) is 4.87. The third-order valence-corrected chi connectivity index (χ3v) is 4.33. The summed E-state index contributed by atoms with van der Waals surface area (Å²) in [6.45, 7) is 6.53. The van der Waals surface area contributed by atoms with Gasteiger partial charge in [0, 0.05) is 25.8 Å². The molecule has 1 aromatic rings. The molecule has 0 unspecified atom stereocenters. The van der Waals surface area contributed by atoms with Crippen LogP contribution in [0.1, 0.15) is 25.7 Å². The van der Waals surface area contributed by atoms with Gasteiger partial charge in [-0.1, -0.05) is 12.5 Å². The maximum Gasteiger partial charge on any atom is 0.128 e. The van der Waals surface area contributed by atoms with Crippen molar-refractivity contribution < 1.29 is 4.74 Å². The van der Waals surface area contributed by atoms with Gasteiger partial charge in [0.15, 0.2) is 0 Å². The second-order valence-corrected chi connectivity index (χ2v) is 5.82. The fraction of sp³-hybridized carbons (Fsp3) is 0.688. The lowest BCUT2D eigenvalue weighted by atomic mass is 10.1. The number of rotatable bonds is 5. The van der Waals surface area contributed by atoms with Gasteiger partial charge in [-0.3, -0.25) is 0 Å². The predicted molar refractivity (Wildman–Crippen MR) is 81.1 cm³/mol. The quantitative estimate of drug-likeness (QED) is 0.823. The van der Waals surface area contributed by atoms with Gasteiger partial charge in [0.1, 0.15) is 5.82 Å². The van der Waals surface area contributed by atoms with Crippen molar-refractivity contribution in [3.8, 4) is 0 Å². The standard InChI is InChI=1S/C16H25N3O/c1-4-9-18(10-5-1)12-13-20-15-7-11-19(14-15)16-6-2-3-8-17-16/h2-3,6,8,15H,1,4-5,7,9-14H2/t15-/m0/s1. The molecule has 0 aromatic carbocycles. The molecule has 0 aliphatic carbocycles. The Morgan fingerprint density at radius 3 is 2.85 bits per heavy atom. The molecule has 4 nitrogen and oxygen atoms in total. The molecule has 20 heavy (non-hydrogen) atoms. The monoisotopic (exact) mass is 275 g/mol. The van der Waals surface area contributed by atoms with Crippen LogP contribution in [0, 0.1) is 0 Å². The lowest BCUT2D eigenvalue weighted by molar-refractivity contribution is 0.0467. The molecule has 3 heterocycles. The number of likely N-dealkylation sites (tertiary alicyclic amines) is 1. The zero-order valence-corrected chi connectivity index (χ0v) is 12.2. The van der Waals surface area contributed by atoms with Gasteiger partial charge in [0.2, 0.25) is 0 Å². The van der Waals surface area contributed by atoms with Gasteiger partial charge in [-0.15, -0.1) is 0 Å². The molecule has 0 spiro atoms. The van der Waals surface area contributed by atoms with E-state index in [1.54, 1.807) is 0 Å². The van der Waals surface area contributed by atoms with Crippen LogP contribution in [-0.4, -0.2) is 55.3 Å². The highest BCUT2D eigenvalue weighted by Gasteiger charge is 2.24. The van der Waals surface area contributed by atoms with Crippen molar-refractivity contribution in [1.82, 2.24) is 9.88 Å². The van der Waals surface area contributed by atoms with E-state index in [-0.39, 0.29) is 0 Å². The summed E-state index contributed by atoms with van der Waals surface area (Å²) in [5.41, 5.74) is 0. The highest BCUT2D eigenvalue weighted by molar-refractivity contribution is 5.39. The fourth-order valence-corrected chi connectivity index (χ4v) is 3.14. The van der Waals surface area contributed by atoms with Crippen LogP contribution in [0.2, 0.25) is 0 Å². The van der Waals surface area contributed by atoms with Crippen molar-refractivity contribution in [3.63, 3.8) is 0 Å². The largest absolute Gasteiger partial charge is 0.375 e. The molecule has 1 atom stereocenters. The van der Waals surface area contributed by atoms with E-state index in [1.165, 1.54) is 32.4 Å². The average Bonchev–Trinajstić information content (AvgIpc) is 2.98. The summed E-state index contributed by atoms with van der Waals surface area (Å²) in [6, 6.07) is 6.09. The Bertz CT molecular complexity index is 392. The molecule has 0 radical (unpaired) electrons. The molecule has 0 amide bonds. The van der Waals surface area contributed by atoms with Crippen LogP contribution in [0.4, 0.5) is 5.82 Å². The molecular weight excluding hydrogens is 250 g/mol. The number of hydrogen-bond donors (Lipinski definition) is 0. The Hall–Kier alpha value is -1.13. The number of anilines is 1. The molecule has 1 aromatic heterocycles. The molecule has 3 rings (SSSR count). The molecule has 4 heteroatoms. The van der Waals surface area contributed by atoms with Crippen LogP contribution in [0.3, 0.4) is 0 Å². The summed E-state index contributed by atoms with van der Waals surface area (Å²) < 4.78 is 6.05. The predicted octanol–water partition coefficient (Wildman–Crippen LogP) is 2.16. The van der Waals surface area contributed by atoms with E-state index in [1.807, 2.05) is 18.3 Å². The van der Waals surface area contributed by atoms with Crippen molar-refractivity contribution in [2.45, 2.75) is 31.8 Å². The SMILES string of the molecule is c1ccc(N2CC[C@H](OCCN3CCCCC3)C2)nc1. The van der Waals surface area contributed by atoms with Crippen LogP contribution in [0.15, 0.2) is 24.4 Å². The smallest absolute Gasteiger partial charge is 0.128 e. The van der Waals surface area contributed by atoms with Crippen LogP contribution >= 0.6 is 0 Å². The normalized spacial score (nSPS) is 24.2. The first-order chi connectivity index (χ1) is 9.92. The van der Waals surface area contributed by atoms with Gasteiger partial charge in [-0.25, -0.2) is 4.98 Å². The second kappa shape index (κ2) is 7.04. The van der Waals surface area contributed by atoms with E-state index < -0.39 is 0 Å². The lowest BCUT2D eigenvalue weighted by Gasteiger charge is -2.26. The molecule has 2 aliphatic rings. The highest BCUT2D eigenvalue weighted by atomic mass is 16.5. The summed E-state index contributed by atoms with van der Waals surface area (Å²) in [5.74, 6) is 1.08. The molecular formula is C16H25N3O. The molecule has 0 N–H and O–H groups in total. The highest BCUT2D eigenvalue weighted by Crippen LogP contribution is 2.19. The van der Waals surface area contributed by atoms with Crippen molar-refractivity contribution in [3.05, 3.63) is 24.4 Å². The van der Waals surface area contributed by atoms with E-state index >= 15 is 0 Å². The number of ether oxygens (including phenoxy) is 1. The summed E-state index contributed by atoms with van der Waals surface area (Å²) in [7, 11) is 0. The molecule has 2 aliphatic heterocycles. The third kappa shape index (κ3) is 3.70. The summed E-state index contributed by atoms with van der Waals surface area (Å²) in [6.07, 6.45) is 7.48. The van der Waals surface area contributed by atoms with Crippen LogP contribution in [-0.2, 0) is 4.74 Å². The Morgan fingerprint density at radius 1 is 1.15 bits per heavy atom. The maximum absolute atomic E-state index is 6.05. The summed E-state index contributed by atoms with van der Waals surface area (Å²) >= 11 is 0. The molecule has 0 saturated carbocycles. The number of hydrogen-bond acceptors (Lipinski definition) is 4. The van der Waals surface area contributed by atoms with Crippen molar-refractivity contribution in [1.29, 1.82) is 0 Å². The topological polar surface area (TPSA) is 28.6 Å². The van der Waals surface area contributed by atoms with Crippen LogP contribution < -0.4 is 4.90 Å². The minimum Gasteiger partial charge on any atom is -0.375 e. The van der Waals surface area contributed by atoms with E-state index in [2.05, 4.69) is 20.9 Å². The van der Waals surface area contributed by atoms with Crippen LogP contribution in [0.25, 0.3) is 0 Å². The molecule has 2 fully saturated rings. The average molecular weight is 275 g/mol. The lowest BCUT2D eigenvalue weighted by Crippen LogP contribution is -2.34. The van der Waals surface area contributed by atoms with E-state index in [0.717, 1.165) is 38.5 Å². The summed E-state index contributed by atoms with van der Waals surface area (Å²) in [5, 5.41) is 0. The molecule has 0 bridgehead atoms. The fourth-order valence-electron chi connectivity index (χ4n) is 3.14. The van der Waals surface area contributed by atoms with Gasteiger partial charge < -0.3 is 14.5 Å². The second-order valence-electron chi connectivity index (χ2n) is 5.82. The van der Waals surface area contributed by atoms with E-state index in [4.69, 9.17) is 4.74 Å². The van der Waals surface area contributed by atoms with Gasteiger partial charge in [-0.05, 0) is 44.5 Å². The van der Waals surface area contributed by atoms with Gasteiger partial charge in [-0.2, -0.15) is 0 Å². The zero-order valence-electron chi connectivity index (χ0n) is 12.2. The number of nitrogens with zero attached hydrogens (tertiary/aromatic N) is 3. The Morgan fingerprint density at radius 2 is 2.05 bits per heavy atom. The third-order valence-electron chi connectivity index (χ3n) is 4.33. The minimum absolute atomic E-state index is 0.377. The zero-order chi connectivity index (χ0) is 13.6. The minimum atomic E-state index is 0.377. The number of piperidine rings is 1. The van der Waals surface area contributed by atoms with E-state index in [0.29, 0.717) is 6.10 Å². The van der Waals surface area contributed by atoms with Gasteiger partial charge in [0.25, 0.3) is 0 Å². The maximum atomic E-state index is 6.05.